The number of carbonyl (C=O) groups excluding carboxylic acids is 1. The molecule has 2 atom stereocenters. The molecule has 1 aliphatic rings. The maximum absolute atomic E-state index is 13.1. The van der Waals surface area contributed by atoms with Crippen LogP contribution in [0.3, 0.4) is 0 Å². The van der Waals surface area contributed by atoms with E-state index in [2.05, 4.69) is 4.74 Å². The number of carbonyl (C=O) groups is 1. The maximum Gasteiger partial charge on any atom is 0.410 e. The van der Waals surface area contributed by atoms with Gasteiger partial charge in [0.1, 0.15) is 6.17 Å². The van der Waals surface area contributed by atoms with Crippen molar-refractivity contribution in [2.45, 2.75) is 25.1 Å². The Morgan fingerprint density at radius 3 is 3.00 bits per heavy atom. The van der Waals surface area contributed by atoms with Gasteiger partial charge in [-0.05, 0) is 12.8 Å². The SMILES string of the molecule is COC(=O)N1CCCC(F)C1C#N. The highest BCUT2D eigenvalue weighted by molar-refractivity contribution is 5.68. The van der Waals surface area contributed by atoms with Gasteiger partial charge in [-0.3, -0.25) is 4.90 Å². The van der Waals surface area contributed by atoms with Crippen LogP contribution in [-0.2, 0) is 4.74 Å². The molecule has 0 bridgehead atoms. The summed E-state index contributed by atoms with van der Waals surface area (Å²) < 4.78 is 17.6. The molecule has 13 heavy (non-hydrogen) atoms. The minimum atomic E-state index is -1.25. The van der Waals surface area contributed by atoms with Gasteiger partial charge in [0.2, 0.25) is 0 Å². The topological polar surface area (TPSA) is 53.3 Å². The summed E-state index contributed by atoms with van der Waals surface area (Å²) in [5.41, 5.74) is 0. The highest BCUT2D eigenvalue weighted by atomic mass is 19.1. The molecule has 0 spiro atoms. The number of piperidine rings is 1. The number of likely N-dealkylation sites (tertiary alicyclic amines) is 1. The molecule has 1 heterocycles. The highest BCUT2D eigenvalue weighted by Gasteiger charge is 2.34. The maximum atomic E-state index is 13.1. The number of alkyl halides is 1. The summed E-state index contributed by atoms with van der Waals surface area (Å²) in [5.74, 6) is 0. The number of rotatable bonds is 0. The van der Waals surface area contributed by atoms with Crippen molar-refractivity contribution in [1.29, 1.82) is 5.26 Å². The first-order chi connectivity index (χ1) is 6.20. The minimum absolute atomic E-state index is 0.339. The molecule has 0 aliphatic carbocycles. The molecule has 0 radical (unpaired) electrons. The Bertz CT molecular complexity index is 239. The number of nitriles is 1. The van der Waals surface area contributed by atoms with Crippen LogP contribution in [0.5, 0.6) is 0 Å². The van der Waals surface area contributed by atoms with Gasteiger partial charge in [0.05, 0.1) is 13.2 Å². The lowest BCUT2D eigenvalue weighted by atomic mass is 10.0. The number of nitrogens with zero attached hydrogens (tertiary/aromatic N) is 2. The van der Waals surface area contributed by atoms with Crippen LogP contribution in [0, 0.1) is 11.3 Å². The van der Waals surface area contributed by atoms with Crippen LogP contribution in [0.15, 0.2) is 0 Å². The van der Waals surface area contributed by atoms with Crippen LogP contribution in [0.1, 0.15) is 12.8 Å². The van der Waals surface area contributed by atoms with Crippen molar-refractivity contribution in [2.75, 3.05) is 13.7 Å². The average molecular weight is 186 g/mol. The Balaban J connectivity index is 2.71. The molecule has 1 aliphatic heterocycles. The molecule has 5 heteroatoms. The summed E-state index contributed by atoms with van der Waals surface area (Å²) >= 11 is 0. The molecule has 0 aromatic carbocycles. The summed E-state index contributed by atoms with van der Waals surface area (Å²) in [6, 6.07) is 0.784. The Kier molecular flexibility index (Phi) is 3.07. The van der Waals surface area contributed by atoms with Gasteiger partial charge in [0.15, 0.2) is 6.04 Å². The van der Waals surface area contributed by atoms with Crippen molar-refractivity contribution in [3.8, 4) is 6.07 Å². The van der Waals surface area contributed by atoms with Gasteiger partial charge in [0.25, 0.3) is 0 Å². The van der Waals surface area contributed by atoms with Crippen LogP contribution < -0.4 is 0 Å². The van der Waals surface area contributed by atoms with Crippen molar-refractivity contribution in [2.24, 2.45) is 0 Å². The van der Waals surface area contributed by atoms with Gasteiger partial charge in [-0.25, -0.2) is 9.18 Å². The minimum Gasteiger partial charge on any atom is -0.453 e. The molecular formula is C8H11FN2O2. The number of amides is 1. The van der Waals surface area contributed by atoms with Crippen LogP contribution in [0.4, 0.5) is 9.18 Å². The van der Waals surface area contributed by atoms with E-state index in [1.165, 1.54) is 7.11 Å². The third-order valence-electron chi connectivity index (χ3n) is 2.10. The van der Waals surface area contributed by atoms with Crippen molar-refractivity contribution in [3.05, 3.63) is 0 Å². The van der Waals surface area contributed by atoms with Gasteiger partial charge < -0.3 is 4.74 Å². The Labute approximate surface area is 75.9 Å². The fourth-order valence-electron chi connectivity index (χ4n) is 1.42. The zero-order valence-corrected chi connectivity index (χ0v) is 7.36. The fourth-order valence-corrected chi connectivity index (χ4v) is 1.42. The highest BCUT2D eigenvalue weighted by Crippen LogP contribution is 2.20. The first-order valence-electron chi connectivity index (χ1n) is 4.09. The monoisotopic (exact) mass is 186 g/mol. The molecule has 1 rings (SSSR count). The molecule has 4 nitrogen and oxygen atoms in total. The van der Waals surface area contributed by atoms with Crippen LogP contribution >= 0.6 is 0 Å². The van der Waals surface area contributed by atoms with Crippen LogP contribution in [0.25, 0.3) is 0 Å². The zero-order chi connectivity index (χ0) is 9.84. The van der Waals surface area contributed by atoms with Crippen LogP contribution in [0.2, 0.25) is 0 Å². The standard InChI is InChI=1S/C8H11FN2O2/c1-13-8(12)11-4-2-3-6(9)7(11)5-10/h6-7H,2-4H2,1H3. The fraction of sp³-hybridized carbons (Fsp3) is 0.750. The third kappa shape index (κ3) is 1.89. The lowest BCUT2D eigenvalue weighted by Gasteiger charge is -2.32. The second-order valence-corrected chi connectivity index (χ2v) is 2.90. The van der Waals surface area contributed by atoms with E-state index in [9.17, 15) is 9.18 Å². The largest absolute Gasteiger partial charge is 0.453 e. The predicted octanol–water partition coefficient (Wildman–Crippen LogP) is 1.08. The summed E-state index contributed by atoms with van der Waals surface area (Å²) in [6.45, 7) is 0.394. The zero-order valence-electron chi connectivity index (χ0n) is 7.36. The Morgan fingerprint density at radius 1 is 1.77 bits per heavy atom. The molecule has 1 saturated heterocycles. The number of halogens is 1. The van der Waals surface area contributed by atoms with E-state index in [1.54, 1.807) is 6.07 Å². The summed E-state index contributed by atoms with van der Waals surface area (Å²) in [6.07, 6.45) is -0.966. The second-order valence-electron chi connectivity index (χ2n) is 2.90. The summed E-state index contributed by atoms with van der Waals surface area (Å²) in [4.78, 5) is 12.2. The lowest BCUT2D eigenvalue weighted by Crippen LogP contribution is -2.48. The Morgan fingerprint density at radius 2 is 2.46 bits per heavy atom. The normalized spacial score (nSPS) is 27.9. The molecule has 1 fully saturated rings. The van der Waals surface area contributed by atoms with E-state index in [-0.39, 0.29) is 0 Å². The lowest BCUT2D eigenvalue weighted by molar-refractivity contribution is 0.0706. The predicted molar refractivity (Wildman–Crippen MR) is 42.6 cm³/mol. The molecule has 0 aromatic heterocycles. The van der Waals surface area contributed by atoms with E-state index in [0.717, 1.165) is 4.90 Å². The average Bonchev–Trinajstić information content (AvgIpc) is 2.16. The number of methoxy groups -OCH3 is 1. The van der Waals surface area contributed by atoms with E-state index >= 15 is 0 Å². The van der Waals surface area contributed by atoms with E-state index in [0.29, 0.717) is 19.4 Å². The molecule has 0 aromatic rings. The number of hydrogen-bond acceptors (Lipinski definition) is 3. The molecule has 72 valence electrons. The quantitative estimate of drug-likeness (QED) is 0.568. The molecular weight excluding hydrogens is 175 g/mol. The van der Waals surface area contributed by atoms with E-state index in [4.69, 9.17) is 5.26 Å². The van der Waals surface area contributed by atoms with Crippen molar-refractivity contribution >= 4 is 6.09 Å². The van der Waals surface area contributed by atoms with E-state index in [1.807, 2.05) is 0 Å². The van der Waals surface area contributed by atoms with Crippen LogP contribution in [-0.4, -0.2) is 36.9 Å². The number of hydrogen-bond donors (Lipinski definition) is 0. The Hall–Kier alpha value is -1.31. The van der Waals surface area contributed by atoms with Gasteiger partial charge >= 0.3 is 6.09 Å². The van der Waals surface area contributed by atoms with Crippen molar-refractivity contribution < 1.29 is 13.9 Å². The van der Waals surface area contributed by atoms with Crippen molar-refractivity contribution in [1.82, 2.24) is 4.90 Å². The van der Waals surface area contributed by atoms with Crippen molar-refractivity contribution in [3.63, 3.8) is 0 Å². The second kappa shape index (κ2) is 4.08. The van der Waals surface area contributed by atoms with Gasteiger partial charge in [-0.1, -0.05) is 0 Å². The number of ether oxygens (including phenoxy) is 1. The molecule has 1 amide bonds. The first-order valence-corrected chi connectivity index (χ1v) is 4.09. The van der Waals surface area contributed by atoms with Gasteiger partial charge in [-0.2, -0.15) is 5.26 Å². The third-order valence-corrected chi connectivity index (χ3v) is 2.10. The smallest absolute Gasteiger partial charge is 0.410 e. The summed E-state index contributed by atoms with van der Waals surface area (Å²) in [7, 11) is 1.22. The van der Waals surface area contributed by atoms with Gasteiger partial charge in [0, 0.05) is 6.54 Å². The van der Waals surface area contributed by atoms with Gasteiger partial charge in [-0.15, -0.1) is 0 Å². The summed E-state index contributed by atoms with van der Waals surface area (Å²) in [5, 5.41) is 8.64. The molecule has 2 unspecified atom stereocenters. The van der Waals surface area contributed by atoms with E-state index < -0.39 is 18.3 Å². The molecule has 0 saturated carbocycles. The molecule has 0 N–H and O–H groups in total. The first kappa shape index (κ1) is 9.78.